The number of urea groups is 1. The Morgan fingerprint density at radius 3 is 2.50 bits per heavy atom. The van der Waals surface area contributed by atoms with E-state index in [2.05, 4.69) is 26.1 Å². The molecule has 0 saturated carbocycles. The Balaban J connectivity index is 1.65. The molecule has 3 rings (SSSR count). The van der Waals surface area contributed by atoms with Gasteiger partial charge in [-0.15, -0.1) is 5.11 Å². The minimum atomic E-state index is -0.503. The first-order valence-corrected chi connectivity index (χ1v) is 8.64. The van der Waals surface area contributed by atoms with Crippen LogP contribution in [0.25, 0.3) is 0 Å². The Morgan fingerprint density at radius 1 is 0.964 bits per heavy atom. The van der Waals surface area contributed by atoms with Crippen molar-refractivity contribution >= 4 is 40.9 Å². The van der Waals surface area contributed by atoms with Crippen molar-refractivity contribution in [3.8, 4) is 5.75 Å². The molecule has 0 bridgehead atoms. The van der Waals surface area contributed by atoms with Gasteiger partial charge in [0.15, 0.2) is 0 Å². The molecule has 0 atom stereocenters. The molecule has 0 fully saturated rings. The van der Waals surface area contributed by atoms with E-state index in [1.807, 2.05) is 6.07 Å². The van der Waals surface area contributed by atoms with E-state index >= 15 is 0 Å². The molecule has 0 aliphatic heterocycles. The highest BCUT2D eigenvalue weighted by atomic mass is 35.5. The van der Waals surface area contributed by atoms with Crippen molar-refractivity contribution in [3.63, 3.8) is 0 Å². The molecule has 3 N–H and O–H groups in total. The Bertz CT molecular complexity index is 1020. The standard InChI is InChI=1S/C20H16ClN5O2/c21-17-8-4-5-9-18(17)25-24-16-10-11-19(27)14(12-16)13-22-26-20(28)23-15-6-2-1-3-7-15/h1-13,27H,(H2,23,26,28). The second-order valence-corrected chi connectivity index (χ2v) is 5.99. The number of hydrazone groups is 1. The van der Waals surface area contributed by atoms with E-state index in [4.69, 9.17) is 11.6 Å². The number of nitrogens with one attached hydrogen (secondary N) is 2. The van der Waals surface area contributed by atoms with Crippen LogP contribution in [-0.4, -0.2) is 17.4 Å². The lowest BCUT2D eigenvalue weighted by Crippen LogP contribution is -2.24. The number of benzene rings is 3. The third-order valence-corrected chi connectivity index (χ3v) is 3.86. The van der Waals surface area contributed by atoms with Gasteiger partial charge in [-0.3, -0.25) is 0 Å². The number of hydrogen-bond acceptors (Lipinski definition) is 5. The van der Waals surface area contributed by atoms with E-state index in [0.29, 0.717) is 27.6 Å². The zero-order valence-electron chi connectivity index (χ0n) is 14.6. The molecular weight excluding hydrogens is 378 g/mol. The lowest BCUT2D eigenvalue weighted by atomic mass is 10.2. The fraction of sp³-hybridized carbons (Fsp3) is 0. The van der Waals surface area contributed by atoms with Crippen LogP contribution in [0.15, 0.2) is 88.1 Å². The summed E-state index contributed by atoms with van der Waals surface area (Å²) in [7, 11) is 0. The number of anilines is 1. The van der Waals surface area contributed by atoms with Crippen molar-refractivity contribution in [2.45, 2.75) is 0 Å². The molecule has 3 aromatic carbocycles. The average molecular weight is 394 g/mol. The molecule has 0 aliphatic carbocycles. The highest BCUT2D eigenvalue weighted by Crippen LogP contribution is 2.27. The third kappa shape index (κ3) is 5.39. The van der Waals surface area contributed by atoms with E-state index < -0.39 is 6.03 Å². The van der Waals surface area contributed by atoms with Crippen LogP contribution in [0.1, 0.15) is 5.56 Å². The molecular formula is C20H16ClN5O2. The fourth-order valence-electron chi connectivity index (χ4n) is 2.19. The molecule has 0 radical (unpaired) electrons. The van der Waals surface area contributed by atoms with E-state index in [1.165, 1.54) is 12.3 Å². The Hall–Kier alpha value is -3.71. The summed E-state index contributed by atoms with van der Waals surface area (Å²) in [5.41, 5.74) is 4.37. The molecule has 0 unspecified atom stereocenters. The van der Waals surface area contributed by atoms with Crippen LogP contribution in [0.4, 0.5) is 21.9 Å². The number of amides is 2. The minimum Gasteiger partial charge on any atom is -0.507 e. The summed E-state index contributed by atoms with van der Waals surface area (Å²) in [5, 5.41) is 25.1. The molecule has 0 aliphatic rings. The first kappa shape index (κ1) is 19.1. The maximum absolute atomic E-state index is 11.8. The summed E-state index contributed by atoms with van der Waals surface area (Å²) in [6, 6.07) is 20.2. The first-order chi connectivity index (χ1) is 13.6. The van der Waals surface area contributed by atoms with Crippen LogP contribution < -0.4 is 10.7 Å². The fourth-order valence-corrected chi connectivity index (χ4v) is 2.37. The van der Waals surface area contributed by atoms with Crippen LogP contribution in [0.2, 0.25) is 5.02 Å². The number of carbonyl (C=O) groups is 1. The quantitative estimate of drug-likeness (QED) is 0.298. The monoisotopic (exact) mass is 393 g/mol. The van der Waals surface area contributed by atoms with Crippen molar-refractivity contribution in [3.05, 3.63) is 83.4 Å². The molecule has 3 aromatic rings. The average Bonchev–Trinajstić information content (AvgIpc) is 2.70. The van der Waals surface area contributed by atoms with Crippen molar-refractivity contribution in [1.82, 2.24) is 5.43 Å². The van der Waals surface area contributed by atoms with Crippen molar-refractivity contribution in [1.29, 1.82) is 0 Å². The number of nitrogens with zero attached hydrogens (tertiary/aromatic N) is 3. The van der Waals surface area contributed by atoms with Gasteiger partial charge in [0.1, 0.15) is 11.4 Å². The van der Waals surface area contributed by atoms with Crippen LogP contribution in [0, 0.1) is 0 Å². The maximum Gasteiger partial charge on any atom is 0.339 e. The zero-order chi connectivity index (χ0) is 19.8. The van der Waals surface area contributed by atoms with Gasteiger partial charge in [-0.1, -0.05) is 41.9 Å². The molecule has 0 heterocycles. The lowest BCUT2D eigenvalue weighted by molar-refractivity contribution is 0.252. The third-order valence-electron chi connectivity index (χ3n) is 3.54. The zero-order valence-corrected chi connectivity index (χ0v) is 15.3. The number of hydrogen-bond donors (Lipinski definition) is 3. The second-order valence-electron chi connectivity index (χ2n) is 5.58. The van der Waals surface area contributed by atoms with Gasteiger partial charge < -0.3 is 10.4 Å². The Labute approximate surface area is 166 Å². The normalized spacial score (nSPS) is 11.0. The number of halogens is 1. The van der Waals surface area contributed by atoms with Crippen LogP contribution in [-0.2, 0) is 0 Å². The molecule has 0 aromatic heterocycles. The number of para-hydroxylation sites is 1. The van der Waals surface area contributed by atoms with E-state index in [0.717, 1.165) is 0 Å². The van der Waals surface area contributed by atoms with E-state index in [-0.39, 0.29) is 5.75 Å². The Kier molecular flexibility index (Phi) is 6.33. The van der Waals surface area contributed by atoms with Gasteiger partial charge in [-0.05, 0) is 42.5 Å². The predicted molar refractivity (Wildman–Crippen MR) is 110 cm³/mol. The summed E-state index contributed by atoms with van der Waals surface area (Å²) < 4.78 is 0. The summed E-state index contributed by atoms with van der Waals surface area (Å²) in [5.74, 6) is -0.00860. The summed E-state index contributed by atoms with van der Waals surface area (Å²) >= 11 is 6.04. The lowest BCUT2D eigenvalue weighted by Gasteiger charge is -2.04. The highest BCUT2D eigenvalue weighted by Gasteiger charge is 2.03. The molecule has 2 amide bonds. The smallest absolute Gasteiger partial charge is 0.339 e. The van der Waals surface area contributed by atoms with Gasteiger partial charge >= 0.3 is 6.03 Å². The Morgan fingerprint density at radius 2 is 1.71 bits per heavy atom. The number of carbonyl (C=O) groups excluding carboxylic acids is 1. The summed E-state index contributed by atoms with van der Waals surface area (Å²) in [6.45, 7) is 0. The summed E-state index contributed by atoms with van der Waals surface area (Å²) in [6.07, 6.45) is 1.31. The number of rotatable bonds is 5. The predicted octanol–water partition coefficient (Wildman–Crippen LogP) is 5.62. The molecule has 0 saturated heterocycles. The van der Waals surface area contributed by atoms with E-state index in [1.54, 1.807) is 60.7 Å². The van der Waals surface area contributed by atoms with Crippen LogP contribution in [0.3, 0.4) is 0 Å². The molecule has 8 heteroatoms. The van der Waals surface area contributed by atoms with Crippen molar-refractivity contribution < 1.29 is 9.90 Å². The van der Waals surface area contributed by atoms with Gasteiger partial charge in [-0.25, -0.2) is 10.2 Å². The van der Waals surface area contributed by atoms with Crippen molar-refractivity contribution in [2.75, 3.05) is 5.32 Å². The molecule has 140 valence electrons. The van der Waals surface area contributed by atoms with Gasteiger partial charge in [0, 0.05) is 11.3 Å². The minimum absolute atomic E-state index is 0.00860. The number of phenolic OH excluding ortho intramolecular Hbond substituents is 1. The summed E-state index contributed by atoms with van der Waals surface area (Å²) in [4.78, 5) is 11.8. The number of phenols is 1. The number of azo groups is 1. The highest BCUT2D eigenvalue weighted by molar-refractivity contribution is 6.32. The second kappa shape index (κ2) is 9.29. The van der Waals surface area contributed by atoms with Gasteiger partial charge in [-0.2, -0.15) is 10.2 Å². The van der Waals surface area contributed by atoms with E-state index in [9.17, 15) is 9.90 Å². The molecule has 7 nitrogen and oxygen atoms in total. The van der Waals surface area contributed by atoms with Crippen LogP contribution in [0.5, 0.6) is 5.75 Å². The number of aromatic hydroxyl groups is 1. The molecule has 0 spiro atoms. The topological polar surface area (TPSA) is 98.4 Å². The largest absolute Gasteiger partial charge is 0.507 e. The van der Waals surface area contributed by atoms with Gasteiger partial charge in [0.25, 0.3) is 0 Å². The van der Waals surface area contributed by atoms with Gasteiger partial charge in [0.05, 0.1) is 16.9 Å². The van der Waals surface area contributed by atoms with Crippen molar-refractivity contribution in [2.24, 2.45) is 15.3 Å². The molecule has 28 heavy (non-hydrogen) atoms. The van der Waals surface area contributed by atoms with Crippen LogP contribution >= 0.6 is 11.6 Å². The SMILES string of the molecule is O=C(NN=Cc1cc(N=Nc2ccccc2Cl)ccc1O)Nc1ccccc1. The first-order valence-electron chi connectivity index (χ1n) is 8.26. The maximum atomic E-state index is 11.8. The van der Waals surface area contributed by atoms with Gasteiger partial charge in [0.2, 0.25) is 0 Å².